The molecule has 0 aliphatic heterocycles. The maximum Gasteiger partial charge on any atom is 0.305 e. The molecule has 0 fully saturated rings. The van der Waals surface area contributed by atoms with E-state index in [0.29, 0.717) is 11.1 Å². The van der Waals surface area contributed by atoms with Crippen molar-refractivity contribution in [2.75, 3.05) is 0 Å². The molecule has 0 aliphatic carbocycles. The van der Waals surface area contributed by atoms with Crippen molar-refractivity contribution in [3.05, 3.63) is 77.7 Å². The number of nitrogens with zero attached hydrogens (tertiary/aromatic N) is 1. The van der Waals surface area contributed by atoms with Crippen LogP contribution < -0.4 is 5.32 Å². The number of fused-ring (bicyclic) bond motifs is 1. The number of hydrogen-bond acceptors (Lipinski definition) is 3. The molecular weight excluding hydrogens is 323 g/mol. The maximum absolute atomic E-state index is 13.1. The molecule has 3 rings (SSSR count). The topological polar surface area (TPSA) is 79.3 Å². The number of halogens is 1. The van der Waals surface area contributed by atoms with Gasteiger partial charge in [0.2, 0.25) is 0 Å². The lowest BCUT2D eigenvalue weighted by molar-refractivity contribution is -0.137. The standard InChI is InChI=1S/C19H15FN2O3/c20-15-6-3-12(4-7-15)17(11-18(23)24)22-19(25)14-5-8-16-13(10-14)2-1-9-21-16/h1-10,17H,11H2,(H,22,25)(H,23,24). The second kappa shape index (κ2) is 7.09. The predicted molar refractivity (Wildman–Crippen MR) is 90.6 cm³/mol. The highest BCUT2D eigenvalue weighted by Crippen LogP contribution is 2.19. The van der Waals surface area contributed by atoms with Crippen molar-refractivity contribution in [3.8, 4) is 0 Å². The van der Waals surface area contributed by atoms with Crippen LogP contribution in [0, 0.1) is 5.82 Å². The molecule has 1 atom stereocenters. The number of pyridine rings is 1. The van der Waals surface area contributed by atoms with Crippen LogP contribution in [0.15, 0.2) is 60.8 Å². The number of benzene rings is 2. The molecule has 1 heterocycles. The van der Waals surface area contributed by atoms with Gasteiger partial charge in [0.05, 0.1) is 18.0 Å². The second-order valence-corrected chi connectivity index (χ2v) is 5.59. The first-order valence-corrected chi connectivity index (χ1v) is 7.66. The van der Waals surface area contributed by atoms with E-state index in [1.54, 1.807) is 30.5 Å². The summed E-state index contributed by atoms with van der Waals surface area (Å²) in [6.07, 6.45) is 1.37. The van der Waals surface area contributed by atoms with E-state index < -0.39 is 23.7 Å². The van der Waals surface area contributed by atoms with Crippen LogP contribution in [0.3, 0.4) is 0 Å². The molecule has 0 saturated heterocycles. The van der Waals surface area contributed by atoms with Crippen LogP contribution in [0.2, 0.25) is 0 Å². The monoisotopic (exact) mass is 338 g/mol. The van der Waals surface area contributed by atoms with E-state index in [1.165, 1.54) is 24.3 Å². The van der Waals surface area contributed by atoms with E-state index in [4.69, 9.17) is 5.11 Å². The number of carbonyl (C=O) groups excluding carboxylic acids is 1. The third-order valence-corrected chi connectivity index (χ3v) is 3.82. The summed E-state index contributed by atoms with van der Waals surface area (Å²) in [6, 6.07) is 13.3. The van der Waals surface area contributed by atoms with Crippen LogP contribution in [0.25, 0.3) is 10.9 Å². The first kappa shape index (κ1) is 16.6. The number of carboxylic acid groups (broad SMARTS) is 1. The number of hydrogen-bond donors (Lipinski definition) is 2. The average molecular weight is 338 g/mol. The SMILES string of the molecule is O=C(O)CC(NC(=O)c1ccc2ncccc2c1)c1ccc(F)cc1. The van der Waals surface area contributed by atoms with Gasteiger partial charge in [0.15, 0.2) is 0 Å². The zero-order valence-corrected chi connectivity index (χ0v) is 13.1. The molecule has 0 saturated carbocycles. The molecule has 5 nitrogen and oxygen atoms in total. The summed E-state index contributed by atoms with van der Waals surface area (Å²) in [7, 11) is 0. The summed E-state index contributed by atoms with van der Waals surface area (Å²) in [4.78, 5) is 27.8. The van der Waals surface area contributed by atoms with Crippen molar-refractivity contribution in [2.24, 2.45) is 0 Å². The van der Waals surface area contributed by atoms with Crippen LogP contribution in [-0.2, 0) is 4.79 Å². The van der Waals surface area contributed by atoms with Gasteiger partial charge < -0.3 is 10.4 Å². The number of rotatable bonds is 5. The van der Waals surface area contributed by atoms with E-state index >= 15 is 0 Å². The van der Waals surface area contributed by atoms with Crippen molar-refractivity contribution in [2.45, 2.75) is 12.5 Å². The van der Waals surface area contributed by atoms with Crippen LogP contribution in [-0.4, -0.2) is 22.0 Å². The Morgan fingerprint density at radius 1 is 1.12 bits per heavy atom. The summed E-state index contributed by atoms with van der Waals surface area (Å²) in [5, 5.41) is 12.6. The molecule has 1 aromatic heterocycles. The number of aliphatic carboxylic acids is 1. The highest BCUT2D eigenvalue weighted by Gasteiger charge is 2.19. The Kier molecular flexibility index (Phi) is 4.70. The molecule has 0 aliphatic rings. The highest BCUT2D eigenvalue weighted by molar-refractivity contribution is 5.98. The molecule has 2 N–H and O–H groups in total. The van der Waals surface area contributed by atoms with Crippen molar-refractivity contribution in [1.82, 2.24) is 10.3 Å². The Hall–Kier alpha value is -3.28. The zero-order valence-electron chi connectivity index (χ0n) is 13.1. The van der Waals surface area contributed by atoms with Crippen molar-refractivity contribution in [3.63, 3.8) is 0 Å². The van der Waals surface area contributed by atoms with E-state index in [2.05, 4.69) is 10.3 Å². The average Bonchev–Trinajstić information content (AvgIpc) is 2.61. The second-order valence-electron chi connectivity index (χ2n) is 5.59. The fourth-order valence-electron chi connectivity index (χ4n) is 2.58. The number of aromatic nitrogens is 1. The van der Waals surface area contributed by atoms with Crippen LogP contribution >= 0.6 is 0 Å². The van der Waals surface area contributed by atoms with Gasteiger partial charge in [-0.1, -0.05) is 18.2 Å². The molecule has 0 spiro atoms. The summed E-state index contributed by atoms with van der Waals surface area (Å²) in [5.74, 6) is -1.88. The van der Waals surface area contributed by atoms with Gasteiger partial charge in [-0.05, 0) is 42.0 Å². The molecule has 25 heavy (non-hydrogen) atoms. The van der Waals surface area contributed by atoms with E-state index in [0.717, 1.165) is 10.9 Å². The largest absolute Gasteiger partial charge is 0.481 e. The van der Waals surface area contributed by atoms with Gasteiger partial charge in [0, 0.05) is 17.1 Å². The smallest absolute Gasteiger partial charge is 0.305 e. The fraction of sp³-hybridized carbons (Fsp3) is 0.105. The van der Waals surface area contributed by atoms with Crippen LogP contribution in [0.1, 0.15) is 28.4 Å². The Morgan fingerprint density at radius 2 is 1.88 bits per heavy atom. The molecule has 0 bridgehead atoms. The lowest BCUT2D eigenvalue weighted by Gasteiger charge is -2.17. The first-order chi connectivity index (χ1) is 12.0. The van der Waals surface area contributed by atoms with Gasteiger partial charge in [-0.3, -0.25) is 14.6 Å². The summed E-state index contributed by atoms with van der Waals surface area (Å²) < 4.78 is 13.1. The Balaban J connectivity index is 1.85. The molecule has 3 aromatic rings. The number of nitrogens with one attached hydrogen (secondary N) is 1. The third-order valence-electron chi connectivity index (χ3n) is 3.82. The van der Waals surface area contributed by atoms with E-state index in [1.807, 2.05) is 6.07 Å². The minimum absolute atomic E-state index is 0.299. The Labute approximate surface area is 143 Å². The van der Waals surface area contributed by atoms with Gasteiger partial charge >= 0.3 is 5.97 Å². The number of amides is 1. The lowest BCUT2D eigenvalue weighted by Crippen LogP contribution is -2.30. The molecular formula is C19H15FN2O3. The maximum atomic E-state index is 13.1. The molecule has 0 radical (unpaired) electrons. The minimum atomic E-state index is -1.06. The first-order valence-electron chi connectivity index (χ1n) is 7.66. The fourth-order valence-corrected chi connectivity index (χ4v) is 2.58. The van der Waals surface area contributed by atoms with Gasteiger partial charge in [0.1, 0.15) is 5.82 Å². The van der Waals surface area contributed by atoms with Gasteiger partial charge in [0.25, 0.3) is 5.91 Å². The van der Waals surface area contributed by atoms with Crippen LogP contribution in [0.5, 0.6) is 0 Å². The van der Waals surface area contributed by atoms with E-state index in [-0.39, 0.29) is 6.42 Å². The normalized spacial score (nSPS) is 11.9. The Bertz CT molecular complexity index is 925. The van der Waals surface area contributed by atoms with E-state index in [9.17, 15) is 14.0 Å². The number of carboxylic acids is 1. The molecule has 2 aromatic carbocycles. The molecule has 126 valence electrons. The lowest BCUT2D eigenvalue weighted by atomic mass is 10.0. The predicted octanol–water partition coefficient (Wildman–Crippen LogP) is 3.32. The summed E-state index contributed by atoms with van der Waals surface area (Å²) in [6.45, 7) is 0. The molecule has 6 heteroatoms. The van der Waals surface area contributed by atoms with Gasteiger partial charge in [-0.25, -0.2) is 4.39 Å². The summed E-state index contributed by atoms with van der Waals surface area (Å²) in [5.41, 5.74) is 1.69. The van der Waals surface area contributed by atoms with Crippen molar-refractivity contribution < 1.29 is 19.1 Å². The highest BCUT2D eigenvalue weighted by atomic mass is 19.1. The quantitative estimate of drug-likeness (QED) is 0.748. The third kappa shape index (κ3) is 3.98. The summed E-state index contributed by atoms with van der Waals surface area (Å²) >= 11 is 0. The van der Waals surface area contributed by atoms with Gasteiger partial charge in [-0.2, -0.15) is 0 Å². The molecule has 1 amide bonds. The van der Waals surface area contributed by atoms with Crippen molar-refractivity contribution in [1.29, 1.82) is 0 Å². The van der Waals surface area contributed by atoms with Gasteiger partial charge in [-0.15, -0.1) is 0 Å². The van der Waals surface area contributed by atoms with Crippen molar-refractivity contribution >= 4 is 22.8 Å². The Morgan fingerprint density at radius 3 is 2.60 bits per heavy atom. The minimum Gasteiger partial charge on any atom is -0.481 e. The number of carbonyl (C=O) groups is 2. The van der Waals surface area contributed by atoms with Crippen LogP contribution in [0.4, 0.5) is 4.39 Å². The zero-order chi connectivity index (χ0) is 17.8. The molecule has 1 unspecified atom stereocenters.